The van der Waals surface area contributed by atoms with Gasteiger partial charge in [-0.15, -0.1) is 0 Å². The molecule has 1 N–H and O–H groups in total. The summed E-state index contributed by atoms with van der Waals surface area (Å²) in [4.78, 5) is 38.4. The average Bonchev–Trinajstić information content (AvgIpc) is 2.87. The van der Waals surface area contributed by atoms with E-state index < -0.39 is 42.1 Å². The third kappa shape index (κ3) is 5.57. The highest BCUT2D eigenvalue weighted by molar-refractivity contribution is 5.94. The topological polar surface area (TPSA) is 99.1 Å². The molecule has 34 heavy (non-hydrogen) atoms. The Labute approximate surface area is 196 Å². The van der Waals surface area contributed by atoms with Gasteiger partial charge in [0.15, 0.2) is 18.0 Å². The fourth-order valence-electron chi connectivity index (χ4n) is 3.77. The number of ether oxygens (including phenoxy) is 3. The van der Waals surface area contributed by atoms with E-state index in [0.29, 0.717) is 0 Å². The van der Waals surface area contributed by atoms with E-state index >= 15 is 0 Å². The van der Waals surface area contributed by atoms with Gasteiger partial charge in [0.25, 0.3) is 0 Å². The number of carbonyl (C=O) groups is 3. The molecule has 7 heteroatoms. The van der Waals surface area contributed by atoms with E-state index in [1.165, 1.54) is 0 Å². The van der Waals surface area contributed by atoms with Crippen molar-refractivity contribution in [1.82, 2.24) is 0 Å². The minimum Gasteiger partial charge on any atom is -0.451 e. The lowest BCUT2D eigenvalue weighted by Crippen LogP contribution is -2.58. The summed E-state index contributed by atoms with van der Waals surface area (Å²) in [6.45, 7) is 0.107. The highest BCUT2D eigenvalue weighted by Crippen LogP contribution is 2.28. The van der Waals surface area contributed by atoms with Crippen molar-refractivity contribution in [1.29, 1.82) is 0 Å². The molecule has 0 amide bonds. The molecule has 0 radical (unpaired) electrons. The Hall–Kier alpha value is -3.81. The largest absolute Gasteiger partial charge is 0.451 e. The van der Waals surface area contributed by atoms with Crippen molar-refractivity contribution in [2.24, 2.45) is 0 Å². The van der Waals surface area contributed by atoms with Gasteiger partial charge in [-0.05, 0) is 29.8 Å². The van der Waals surface area contributed by atoms with Crippen LogP contribution in [0.3, 0.4) is 0 Å². The van der Waals surface area contributed by atoms with Gasteiger partial charge in [0.2, 0.25) is 0 Å². The summed E-state index contributed by atoms with van der Waals surface area (Å²) in [7, 11) is 0. The minimum absolute atomic E-state index is 0.107. The molecule has 0 saturated heterocycles. The maximum absolute atomic E-state index is 12.8. The Balaban J connectivity index is 1.60. The molecule has 7 nitrogen and oxygen atoms in total. The Morgan fingerprint density at radius 1 is 0.735 bits per heavy atom. The van der Waals surface area contributed by atoms with Crippen molar-refractivity contribution < 1.29 is 33.7 Å². The second kappa shape index (κ2) is 10.9. The van der Waals surface area contributed by atoms with Gasteiger partial charge in [-0.25, -0.2) is 9.59 Å². The standard InChI is InChI=1S/C27H24O7/c28-21-16-22(29)24(33-26(30)19-12-6-2-7-13-19)25(34-27(31)20-14-8-3-9-15-20)23(21)32-17-18-10-4-1-5-11-18/h1-15,21,23-25,28H,16-17H2/t21-,23+,24-,25-/m1/s1. The zero-order chi connectivity index (χ0) is 23.9. The number of hydrogen-bond donors (Lipinski definition) is 1. The lowest BCUT2D eigenvalue weighted by Gasteiger charge is -2.38. The molecule has 174 valence electrons. The van der Waals surface area contributed by atoms with E-state index in [4.69, 9.17) is 14.2 Å². The normalized spacial score (nSPS) is 22.1. The highest BCUT2D eigenvalue weighted by Gasteiger charge is 2.49. The number of hydrogen-bond acceptors (Lipinski definition) is 7. The van der Waals surface area contributed by atoms with Crippen LogP contribution in [0.5, 0.6) is 0 Å². The molecule has 1 aliphatic carbocycles. The average molecular weight is 460 g/mol. The van der Waals surface area contributed by atoms with Crippen molar-refractivity contribution in [3.8, 4) is 0 Å². The fraction of sp³-hybridized carbons (Fsp3) is 0.222. The van der Waals surface area contributed by atoms with E-state index in [0.717, 1.165) is 5.56 Å². The van der Waals surface area contributed by atoms with E-state index in [1.807, 2.05) is 30.3 Å². The number of ketones is 1. The second-order valence-corrected chi connectivity index (χ2v) is 7.93. The monoisotopic (exact) mass is 460 g/mol. The van der Waals surface area contributed by atoms with Gasteiger partial charge in [-0.3, -0.25) is 4.79 Å². The molecule has 4 atom stereocenters. The van der Waals surface area contributed by atoms with Crippen LogP contribution in [-0.4, -0.2) is 47.2 Å². The molecular weight excluding hydrogens is 436 g/mol. The van der Waals surface area contributed by atoms with Crippen LogP contribution in [-0.2, 0) is 25.6 Å². The van der Waals surface area contributed by atoms with Crippen molar-refractivity contribution in [3.05, 3.63) is 108 Å². The van der Waals surface area contributed by atoms with Crippen molar-refractivity contribution in [2.75, 3.05) is 0 Å². The summed E-state index contributed by atoms with van der Waals surface area (Å²) in [5, 5.41) is 10.7. The number of aliphatic hydroxyl groups is 1. The van der Waals surface area contributed by atoms with Gasteiger partial charge < -0.3 is 19.3 Å². The van der Waals surface area contributed by atoms with Crippen molar-refractivity contribution in [2.45, 2.75) is 37.4 Å². The predicted molar refractivity (Wildman–Crippen MR) is 122 cm³/mol. The summed E-state index contributed by atoms with van der Waals surface area (Å²) in [6, 6.07) is 25.7. The first-order chi connectivity index (χ1) is 16.5. The summed E-state index contributed by atoms with van der Waals surface area (Å²) in [6.07, 6.45) is -5.38. The molecule has 3 aromatic rings. The molecule has 4 rings (SSSR count). The van der Waals surface area contributed by atoms with Crippen LogP contribution in [0.25, 0.3) is 0 Å². The molecule has 1 fully saturated rings. The molecule has 0 unspecified atom stereocenters. The van der Waals surface area contributed by atoms with Crippen LogP contribution in [0, 0.1) is 0 Å². The number of carbonyl (C=O) groups excluding carboxylic acids is 3. The van der Waals surface area contributed by atoms with E-state index in [9.17, 15) is 19.5 Å². The Morgan fingerprint density at radius 3 is 1.79 bits per heavy atom. The Kier molecular flexibility index (Phi) is 7.47. The van der Waals surface area contributed by atoms with Gasteiger partial charge in [0, 0.05) is 6.42 Å². The summed E-state index contributed by atoms with van der Waals surface area (Å²) >= 11 is 0. The SMILES string of the molecule is O=C(O[C@@H]1[C@@H](OCc2ccccc2)[C@H](O)CC(=O)[C@H]1OC(=O)c1ccccc1)c1ccccc1. The smallest absolute Gasteiger partial charge is 0.338 e. The van der Waals surface area contributed by atoms with E-state index in [2.05, 4.69) is 0 Å². The predicted octanol–water partition coefficient (Wildman–Crippen LogP) is 3.36. The molecule has 1 aliphatic rings. The molecule has 0 spiro atoms. The minimum atomic E-state index is -1.43. The first kappa shape index (κ1) is 23.4. The third-order valence-corrected chi connectivity index (χ3v) is 5.51. The molecule has 0 heterocycles. The Morgan fingerprint density at radius 2 is 1.24 bits per heavy atom. The van der Waals surface area contributed by atoms with Gasteiger partial charge >= 0.3 is 11.9 Å². The quantitative estimate of drug-likeness (QED) is 0.540. The van der Waals surface area contributed by atoms with Gasteiger partial charge in [-0.2, -0.15) is 0 Å². The molecule has 0 bridgehead atoms. The van der Waals surface area contributed by atoms with Crippen LogP contribution in [0.15, 0.2) is 91.0 Å². The Bertz CT molecular complexity index is 1120. The van der Waals surface area contributed by atoms with Crippen LogP contribution in [0.2, 0.25) is 0 Å². The lowest BCUT2D eigenvalue weighted by molar-refractivity contribution is -0.177. The molecule has 0 aliphatic heterocycles. The zero-order valence-corrected chi connectivity index (χ0v) is 18.3. The van der Waals surface area contributed by atoms with Crippen LogP contribution in [0.4, 0.5) is 0 Å². The van der Waals surface area contributed by atoms with Crippen LogP contribution in [0.1, 0.15) is 32.7 Å². The van der Waals surface area contributed by atoms with E-state index in [1.54, 1.807) is 60.7 Å². The maximum atomic E-state index is 12.8. The van der Waals surface area contributed by atoms with Gasteiger partial charge in [0.05, 0.1) is 23.8 Å². The third-order valence-electron chi connectivity index (χ3n) is 5.51. The van der Waals surface area contributed by atoms with Gasteiger partial charge in [-0.1, -0.05) is 66.7 Å². The van der Waals surface area contributed by atoms with Crippen LogP contribution >= 0.6 is 0 Å². The molecular formula is C27H24O7. The zero-order valence-electron chi connectivity index (χ0n) is 18.3. The van der Waals surface area contributed by atoms with Gasteiger partial charge in [0.1, 0.15) is 6.10 Å². The van der Waals surface area contributed by atoms with Crippen LogP contribution < -0.4 is 0 Å². The summed E-state index contributed by atoms with van der Waals surface area (Å²) < 4.78 is 17.1. The fourth-order valence-corrected chi connectivity index (χ4v) is 3.77. The summed E-state index contributed by atoms with van der Waals surface area (Å²) in [5.41, 5.74) is 1.33. The maximum Gasteiger partial charge on any atom is 0.338 e. The molecule has 1 saturated carbocycles. The number of Topliss-reactive ketones (excluding diaryl/α,β-unsaturated/α-hetero) is 1. The first-order valence-corrected chi connectivity index (χ1v) is 10.9. The molecule has 0 aromatic heterocycles. The molecule has 3 aromatic carbocycles. The number of esters is 2. The number of benzene rings is 3. The number of aliphatic hydroxyl groups excluding tert-OH is 1. The van der Waals surface area contributed by atoms with Crippen molar-refractivity contribution >= 4 is 17.7 Å². The van der Waals surface area contributed by atoms with E-state index in [-0.39, 0.29) is 24.2 Å². The number of rotatable bonds is 7. The first-order valence-electron chi connectivity index (χ1n) is 10.9. The highest BCUT2D eigenvalue weighted by atomic mass is 16.6. The second-order valence-electron chi connectivity index (χ2n) is 7.93. The van der Waals surface area contributed by atoms with Crippen molar-refractivity contribution in [3.63, 3.8) is 0 Å². The lowest BCUT2D eigenvalue weighted by atomic mass is 9.87. The summed E-state index contributed by atoms with van der Waals surface area (Å²) in [5.74, 6) is -2.01.